The van der Waals surface area contributed by atoms with Crippen LogP contribution in [0.25, 0.3) is 43.7 Å². The van der Waals surface area contributed by atoms with Gasteiger partial charge >= 0.3 is 6.09 Å². The van der Waals surface area contributed by atoms with E-state index < -0.39 is 17.1 Å². The van der Waals surface area contributed by atoms with E-state index in [-0.39, 0.29) is 30.9 Å². The van der Waals surface area contributed by atoms with E-state index in [1.165, 1.54) is 0 Å². The van der Waals surface area contributed by atoms with Gasteiger partial charge in [-0.25, -0.2) is 14.2 Å². The number of aromatic nitrogens is 2. The lowest BCUT2D eigenvalue weighted by Crippen LogP contribution is -2.51. The topological polar surface area (TPSA) is 102 Å². The molecule has 1 aliphatic carbocycles. The van der Waals surface area contributed by atoms with Crippen LogP contribution in [0.2, 0.25) is 0 Å². The van der Waals surface area contributed by atoms with Crippen LogP contribution in [-0.4, -0.2) is 77.7 Å². The van der Waals surface area contributed by atoms with Gasteiger partial charge in [0.25, 0.3) is 0 Å². The number of halogens is 2. The summed E-state index contributed by atoms with van der Waals surface area (Å²) in [6.07, 6.45) is 5.85. The molecule has 1 saturated carbocycles. The van der Waals surface area contributed by atoms with Crippen LogP contribution in [0.3, 0.4) is 0 Å². The Balaban J connectivity index is 1.40. The third-order valence-electron chi connectivity index (χ3n) is 11.2. The molecular formula is C42H45FIN5O5. The van der Waals surface area contributed by atoms with Gasteiger partial charge in [0.1, 0.15) is 29.1 Å². The van der Waals surface area contributed by atoms with Gasteiger partial charge in [0, 0.05) is 46.8 Å². The Kier molecular flexibility index (Phi) is 9.63. The summed E-state index contributed by atoms with van der Waals surface area (Å²) in [7, 11) is 3.66. The molecule has 54 heavy (non-hydrogen) atoms. The lowest BCUT2D eigenvalue weighted by atomic mass is 9.79. The van der Waals surface area contributed by atoms with Crippen molar-refractivity contribution in [2.24, 2.45) is 5.92 Å². The molecule has 5 heterocycles. The highest BCUT2D eigenvalue weighted by atomic mass is 127. The van der Waals surface area contributed by atoms with Crippen LogP contribution in [0.4, 0.5) is 9.18 Å². The summed E-state index contributed by atoms with van der Waals surface area (Å²) in [5.74, 6) is 0.743. The van der Waals surface area contributed by atoms with Crippen molar-refractivity contribution in [3.63, 3.8) is 0 Å². The maximum absolute atomic E-state index is 17.9. The summed E-state index contributed by atoms with van der Waals surface area (Å²) in [4.78, 5) is 23.0. The second kappa shape index (κ2) is 14.1. The van der Waals surface area contributed by atoms with E-state index in [0.29, 0.717) is 59.2 Å². The first-order chi connectivity index (χ1) is 25.9. The van der Waals surface area contributed by atoms with E-state index in [9.17, 15) is 10.1 Å². The summed E-state index contributed by atoms with van der Waals surface area (Å²) in [5, 5.41) is 12.9. The predicted octanol–water partition coefficient (Wildman–Crippen LogP) is 8.98. The van der Waals surface area contributed by atoms with Gasteiger partial charge in [0.05, 0.1) is 17.0 Å². The van der Waals surface area contributed by atoms with E-state index in [0.717, 1.165) is 57.5 Å². The van der Waals surface area contributed by atoms with E-state index in [4.69, 9.17) is 23.9 Å². The monoisotopic (exact) mass is 845 g/mol. The molecule has 10 nitrogen and oxygen atoms in total. The Labute approximate surface area is 328 Å². The van der Waals surface area contributed by atoms with Crippen molar-refractivity contribution in [3.8, 4) is 28.8 Å². The first kappa shape index (κ1) is 36.8. The summed E-state index contributed by atoms with van der Waals surface area (Å²) in [6, 6.07) is 16.1. The first-order valence-electron chi connectivity index (χ1n) is 18.6. The van der Waals surface area contributed by atoms with Gasteiger partial charge in [-0.3, -0.25) is 4.90 Å². The molecule has 0 radical (unpaired) electrons. The quantitative estimate of drug-likeness (QED) is 0.102. The third kappa shape index (κ3) is 6.31. The van der Waals surface area contributed by atoms with Gasteiger partial charge in [-0.15, -0.1) is 0 Å². The van der Waals surface area contributed by atoms with Crippen molar-refractivity contribution >= 4 is 61.3 Å². The molecule has 3 saturated heterocycles. The number of likely N-dealkylation sites (N-methyl/N-ethyl adjacent to an activating group) is 1. The Morgan fingerprint density at radius 1 is 1.15 bits per heavy atom. The molecule has 1 amide bonds. The van der Waals surface area contributed by atoms with Crippen molar-refractivity contribution in [1.82, 2.24) is 19.4 Å². The molecule has 12 heteroatoms. The lowest BCUT2D eigenvalue weighted by molar-refractivity contribution is -0.0163. The van der Waals surface area contributed by atoms with Crippen LogP contribution in [0.1, 0.15) is 58.4 Å². The Morgan fingerprint density at radius 3 is 2.67 bits per heavy atom. The van der Waals surface area contributed by atoms with Gasteiger partial charge in [-0.1, -0.05) is 24.3 Å². The number of hydrogen-bond donors (Lipinski definition) is 0. The molecule has 3 aliphatic heterocycles. The number of amides is 1. The molecule has 3 aromatic carbocycles. The number of hydrogen-bond acceptors (Lipinski definition) is 8. The number of nitrogens with zero attached hydrogens (tertiary/aromatic N) is 5. The summed E-state index contributed by atoms with van der Waals surface area (Å²) >= 11 is 2.32. The minimum atomic E-state index is -0.683. The molecular weight excluding hydrogens is 800 g/mol. The van der Waals surface area contributed by atoms with Crippen molar-refractivity contribution in [1.29, 1.82) is 5.26 Å². The Bertz CT molecular complexity index is 2320. The van der Waals surface area contributed by atoms with Gasteiger partial charge in [0.15, 0.2) is 12.6 Å². The van der Waals surface area contributed by atoms with Crippen molar-refractivity contribution in [2.45, 2.75) is 76.6 Å². The number of aryl methyl sites for hydroxylation is 1. The lowest BCUT2D eigenvalue weighted by Gasteiger charge is -2.44. The fraction of sp³-hybridized carbons (Fsp3) is 0.452. The number of benzene rings is 3. The van der Waals surface area contributed by atoms with E-state index in [1.807, 2.05) is 68.1 Å². The number of methoxy groups -OCH3 is 1. The van der Waals surface area contributed by atoms with Crippen LogP contribution >= 0.6 is 22.6 Å². The molecule has 9 rings (SSSR count). The standard InChI is InChI=1S/C42H45FIN5O5/c1-41(2,3)54-40(50)49-21-25-19-42(49,20-25)48-22-33(44)35-38(48)32-17-27(11-8-14-45)34(31-18-29(53-24-51-5)16-26-10-6-7-13-30(26)31)36(43)37(32)46-39(35)52-23-28-12-9-15-47(28)4/h6-7,10,13,16-18,22,25,28H,8-9,11-12,15,19-21,23-24H2,1-5H3/t25?,28-,42?/m0/s1. The van der Waals surface area contributed by atoms with Crippen molar-refractivity contribution in [3.05, 3.63) is 63.6 Å². The molecule has 4 aliphatic rings. The van der Waals surface area contributed by atoms with E-state index in [1.54, 1.807) is 7.11 Å². The largest absolute Gasteiger partial charge is 0.475 e. The van der Waals surface area contributed by atoms with Gasteiger partial charge in [0.2, 0.25) is 5.88 Å². The maximum Gasteiger partial charge on any atom is 0.412 e. The molecule has 0 spiro atoms. The normalized spacial score (nSPS) is 21.2. The van der Waals surface area contributed by atoms with Crippen LogP contribution in [0, 0.1) is 26.6 Å². The minimum absolute atomic E-state index is 0.0359. The molecule has 4 fully saturated rings. The average Bonchev–Trinajstić information content (AvgIpc) is 3.90. The number of fused-ring (bicyclic) bond motifs is 5. The van der Waals surface area contributed by atoms with Crippen LogP contribution in [0.15, 0.2) is 48.7 Å². The summed E-state index contributed by atoms with van der Waals surface area (Å²) < 4.78 is 44.7. The zero-order chi connectivity index (χ0) is 37.9. The highest BCUT2D eigenvalue weighted by Gasteiger charge is 2.60. The molecule has 2 bridgehead atoms. The van der Waals surface area contributed by atoms with Crippen LogP contribution in [-0.2, 0) is 21.6 Å². The highest BCUT2D eigenvalue weighted by Crippen LogP contribution is 2.57. The van der Waals surface area contributed by atoms with Gasteiger partial charge in [-0.05, 0) is 135 Å². The summed E-state index contributed by atoms with van der Waals surface area (Å²) in [6.45, 7) is 7.67. The zero-order valence-electron chi connectivity index (χ0n) is 31.4. The Hall–Kier alpha value is -4.19. The fourth-order valence-corrected chi connectivity index (χ4v) is 9.56. The first-order valence-corrected chi connectivity index (χ1v) is 19.7. The van der Waals surface area contributed by atoms with Crippen molar-refractivity contribution in [2.75, 3.05) is 40.6 Å². The maximum atomic E-state index is 17.9. The van der Waals surface area contributed by atoms with Crippen LogP contribution in [0.5, 0.6) is 11.6 Å². The zero-order valence-corrected chi connectivity index (χ0v) is 33.5. The van der Waals surface area contributed by atoms with Crippen LogP contribution < -0.4 is 9.47 Å². The van der Waals surface area contributed by atoms with E-state index in [2.05, 4.69) is 51.4 Å². The molecule has 0 N–H and O–H groups in total. The molecule has 282 valence electrons. The molecule has 0 unspecified atom stereocenters. The minimum Gasteiger partial charge on any atom is -0.475 e. The predicted molar refractivity (Wildman–Crippen MR) is 214 cm³/mol. The number of pyridine rings is 1. The number of carbonyl (C=O) groups is 1. The van der Waals surface area contributed by atoms with Gasteiger partial charge < -0.3 is 28.4 Å². The highest BCUT2D eigenvalue weighted by molar-refractivity contribution is 14.1. The van der Waals surface area contributed by atoms with Crippen molar-refractivity contribution < 1.29 is 28.1 Å². The fourth-order valence-electron chi connectivity index (χ4n) is 8.79. The summed E-state index contributed by atoms with van der Waals surface area (Å²) in [5.41, 5.74) is 1.29. The Morgan fingerprint density at radius 2 is 1.94 bits per heavy atom. The second-order valence-corrected chi connectivity index (χ2v) is 17.1. The molecule has 5 aromatic rings. The smallest absolute Gasteiger partial charge is 0.412 e. The SMILES string of the molecule is COCOc1cc(-c2c(CCC#N)cc3c(nc(OC[C@@H]4CCCN4C)c4c(I)cn(C56CC(CN5C(=O)OC(C)(C)C)C6)c43)c2F)c2ccccc2c1. The third-order valence-corrected chi connectivity index (χ3v) is 12.1. The number of nitriles is 1. The molecule has 2 aromatic heterocycles. The average molecular weight is 846 g/mol. The number of carbonyl (C=O) groups excluding carboxylic acids is 1. The number of rotatable bonds is 10. The van der Waals surface area contributed by atoms with Gasteiger partial charge in [-0.2, -0.15) is 5.26 Å². The number of ether oxygens (including phenoxy) is 4. The number of likely N-dealkylation sites (tertiary alicyclic amines) is 1. The molecule has 1 atom stereocenters. The second-order valence-electron chi connectivity index (χ2n) is 15.9. The van der Waals surface area contributed by atoms with E-state index >= 15 is 4.39 Å².